The number of fused-ring (bicyclic) bond motifs is 1. The number of para-hydroxylation sites is 1. The van der Waals surface area contributed by atoms with Crippen molar-refractivity contribution in [1.29, 1.82) is 0 Å². The van der Waals surface area contributed by atoms with Crippen LogP contribution in [-0.4, -0.2) is 19.2 Å². The van der Waals surface area contributed by atoms with E-state index in [9.17, 15) is 8.42 Å². The van der Waals surface area contributed by atoms with Gasteiger partial charge in [0.1, 0.15) is 0 Å². The van der Waals surface area contributed by atoms with Crippen LogP contribution in [0, 0.1) is 0 Å². The summed E-state index contributed by atoms with van der Waals surface area (Å²) in [6.45, 7) is 0. The van der Waals surface area contributed by atoms with Crippen LogP contribution in [0.3, 0.4) is 0 Å². The van der Waals surface area contributed by atoms with Crippen molar-refractivity contribution in [1.82, 2.24) is 4.98 Å². The Bertz CT molecular complexity index is 893. The lowest BCUT2D eigenvalue weighted by molar-refractivity contribution is 0.598. The molecule has 0 radical (unpaired) electrons. The molecule has 0 aliphatic carbocycles. The minimum Gasteiger partial charge on any atom is -0.282 e. The van der Waals surface area contributed by atoms with Crippen LogP contribution in [0.15, 0.2) is 66.9 Å². The Kier molecular flexibility index (Phi) is 4.57. The average Bonchev–Trinajstić information content (AvgIpc) is 2.55. The fourth-order valence-corrected chi connectivity index (χ4v) is 3.57. The lowest BCUT2D eigenvalue weighted by atomic mass is 10.1. The number of sulfonamides is 1. The second-order valence-electron chi connectivity index (χ2n) is 5.43. The van der Waals surface area contributed by atoms with Gasteiger partial charge < -0.3 is 0 Å². The monoisotopic (exact) mass is 326 g/mol. The number of nitrogens with one attached hydrogen (secondary N) is 1. The fourth-order valence-electron chi connectivity index (χ4n) is 2.47. The molecule has 23 heavy (non-hydrogen) atoms. The number of benzene rings is 2. The zero-order valence-corrected chi connectivity index (χ0v) is 13.5. The summed E-state index contributed by atoms with van der Waals surface area (Å²) < 4.78 is 27.0. The summed E-state index contributed by atoms with van der Waals surface area (Å²) >= 11 is 0. The van der Waals surface area contributed by atoms with Crippen LogP contribution in [-0.2, 0) is 16.4 Å². The van der Waals surface area contributed by atoms with Gasteiger partial charge in [0.25, 0.3) is 0 Å². The summed E-state index contributed by atoms with van der Waals surface area (Å²) in [5.74, 6) is 0.0920. The molecule has 0 aliphatic rings. The molecule has 0 unspecified atom stereocenters. The minimum atomic E-state index is -3.36. The molecule has 2 aromatic carbocycles. The number of pyridine rings is 1. The predicted molar refractivity (Wildman–Crippen MR) is 93.9 cm³/mol. The van der Waals surface area contributed by atoms with Crippen molar-refractivity contribution in [2.24, 2.45) is 0 Å². The molecule has 0 amide bonds. The maximum Gasteiger partial charge on any atom is 0.232 e. The first kappa shape index (κ1) is 15.5. The molecular formula is C18H18N2O2S. The van der Waals surface area contributed by atoms with Crippen molar-refractivity contribution < 1.29 is 8.42 Å². The molecule has 0 saturated carbocycles. The van der Waals surface area contributed by atoms with E-state index < -0.39 is 10.0 Å². The Morgan fingerprint density at radius 3 is 2.52 bits per heavy atom. The van der Waals surface area contributed by atoms with E-state index in [0.29, 0.717) is 12.1 Å². The Balaban J connectivity index is 1.63. The maximum atomic E-state index is 12.2. The van der Waals surface area contributed by atoms with Crippen LogP contribution >= 0.6 is 0 Å². The molecule has 4 nitrogen and oxygen atoms in total. The van der Waals surface area contributed by atoms with Crippen molar-refractivity contribution in [3.05, 3.63) is 72.4 Å². The van der Waals surface area contributed by atoms with Crippen LogP contribution < -0.4 is 4.72 Å². The number of nitrogens with zero attached hydrogens (tertiary/aromatic N) is 1. The zero-order chi connectivity index (χ0) is 16.1. The van der Waals surface area contributed by atoms with Crippen LogP contribution in [0.2, 0.25) is 0 Å². The highest BCUT2D eigenvalue weighted by molar-refractivity contribution is 7.92. The summed E-state index contributed by atoms with van der Waals surface area (Å²) in [7, 11) is -3.36. The first-order chi connectivity index (χ1) is 11.1. The topological polar surface area (TPSA) is 59.1 Å². The molecule has 118 valence electrons. The largest absolute Gasteiger partial charge is 0.282 e. The van der Waals surface area contributed by atoms with Gasteiger partial charge in [0.2, 0.25) is 10.0 Å². The number of aryl methyl sites for hydroxylation is 1. The number of hydrogen-bond donors (Lipinski definition) is 1. The number of hydrogen-bond acceptors (Lipinski definition) is 3. The van der Waals surface area contributed by atoms with Gasteiger partial charge in [0.15, 0.2) is 0 Å². The van der Waals surface area contributed by atoms with Crippen LogP contribution in [0.4, 0.5) is 5.69 Å². The number of rotatable bonds is 6. The van der Waals surface area contributed by atoms with E-state index in [0.717, 1.165) is 22.9 Å². The van der Waals surface area contributed by atoms with Gasteiger partial charge in [-0.25, -0.2) is 8.42 Å². The van der Waals surface area contributed by atoms with Crippen LogP contribution in [0.5, 0.6) is 0 Å². The third-order valence-electron chi connectivity index (χ3n) is 3.59. The predicted octanol–water partition coefficient (Wildman–Crippen LogP) is 3.61. The Morgan fingerprint density at radius 1 is 0.957 bits per heavy atom. The average molecular weight is 326 g/mol. The van der Waals surface area contributed by atoms with Crippen LogP contribution in [0.1, 0.15) is 12.0 Å². The maximum absolute atomic E-state index is 12.2. The van der Waals surface area contributed by atoms with Crippen molar-refractivity contribution in [3.63, 3.8) is 0 Å². The Labute approximate surface area is 136 Å². The van der Waals surface area contributed by atoms with Crippen molar-refractivity contribution in [2.45, 2.75) is 12.8 Å². The third kappa shape index (κ3) is 4.29. The number of aromatic nitrogens is 1. The van der Waals surface area contributed by atoms with E-state index in [1.54, 1.807) is 12.3 Å². The van der Waals surface area contributed by atoms with Crippen molar-refractivity contribution in [3.8, 4) is 0 Å². The molecule has 0 aliphatic heterocycles. The van der Waals surface area contributed by atoms with E-state index in [1.165, 1.54) is 0 Å². The van der Waals surface area contributed by atoms with Gasteiger partial charge >= 0.3 is 0 Å². The number of anilines is 1. The molecule has 0 fully saturated rings. The Hall–Kier alpha value is -2.40. The van der Waals surface area contributed by atoms with Gasteiger partial charge in [-0.05, 0) is 30.5 Å². The van der Waals surface area contributed by atoms with Gasteiger partial charge in [0.05, 0.1) is 23.2 Å². The SMILES string of the molecule is O=S(=O)(CCCc1ccccc1)Nc1cnc2ccccc2c1. The highest BCUT2D eigenvalue weighted by atomic mass is 32.2. The first-order valence-corrected chi connectivity index (χ1v) is 9.17. The summed E-state index contributed by atoms with van der Waals surface area (Å²) in [5, 5.41) is 0.914. The van der Waals surface area contributed by atoms with Gasteiger partial charge in [-0.15, -0.1) is 0 Å². The van der Waals surface area contributed by atoms with Gasteiger partial charge in [-0.2, -0.15) is 0 Å². The molecule has 0 spiro atoms. The highest BCUT2D eigenvalue weighted by Crippen LogP contribution is 2.17. The van der Waals surface area contributed by atoms with Gasteiger partial charge in [0, 0.05) is 5.39 Å². The summed E-state index contributed by atoms with van der Waals surface area (Å²) in [6, 6.07) is 19.3. The molecule has 1 N–H and O–H groups in total. The summed E-state index contributed by atoms with van der Waals surface area (Å²) in [5.41, 5.74) is 2.50. The highest BCUT2D eigenvalue weighted by Gasteiger charge is 2.11. The molecule has 0 saturated heterocycles. The van der Waals surface area contributed by atoms with Crippen molar-refractivity contribution >= 4 is 26.6 Å². The molecule has 0 bridgehead atoms. The van der Waals surface area contributed by atoms with Crippen molar-refractivity contribution in [2.75, 3.05) is 10.5 Å². The third-order valence-corrected chi connectivity index (χ3v) is 4.96. The zero-order valence-electron chi connectivity index (χ0n) is 12.6. The first-order valence-electron chi connectivity index (χ1n) is 7.52. The lowest BCUT2D eigenvalue weighted by Gasteiger charge is -2.08. The summed E-state index contributed by atoms with van der Waals surface area (Å²) in [6.07, 6.45) is 2.88. The second-order valence-corrected chi connectivity index (χ2v) is 7.27. The normalized spacial score (nSPS) is 11.5. The van der Waals surface area contributed by atoms with Gasteiger partial charge in [-0.3, -0.25) is 9.71 Å². The fraction of sp³-hybridized carbons (Fsp3) is 0.167. The van der Waals surface area contributed by atoms with E-state index >= 15 is 0 Å². The standard InChI is InChI=1S/C18H18N2O2S/c21-23(22,12-6-9-15-7-2-1-3-8-15)20-17-13-16-10-4-5-11-18(16)19-14-17/h1-5,7-8,10-11,13-14,20H,6,9,12H2. The van der Waals surface area contributed by atoms with E-state index in [4.69, 9.17) is 0 Å². The molecule has 5 heteroatoms. The van der Waals surface area contributed by atoms with Crippen LogP contribution in [0.25, 0.3) is 10.9 Å². The molecular weight excluding hydrogens is 308 g/mol. The smallest absolute Gasteiger partial charge is 0.232 e. The minimum absolute atomic E-state index is 0.0920. The molecule has 1 heterocycles. The van der Waals surface area contributed by atoms with Gasteiger partial charge in [-0.1, -0.05) is 48.5 Å². The van der Waals surface area contributed by atoms with E-state index in [2.05, 4.69) is 9.71 Å². The second kappa shape index (κ2) is 6.79. The molecule has 3 aromatic rings. The quantitative estimate of drug-likeness (QED) is 0.753. The molecule has 1 aromatic heterocycles. The lowest BCUT2D eigenvalue weighted by Crippen LogP contribution is -2.17. The summed E-state index contributed by atoms with van der Waals surface area (Å²) in [4.78, 5) is 4.27. The molecule has 3 rings (SSSR count). The van der Waals surface area contributed by atoms with E-state index in [1.807, 2.05) is 54.6 Å². The van der Waals surface area contributed by atoms with E-state index in [-0.39, 0.29) is 5.75 Å². The Morgan fingerprint density at radius 2 is 1.70 bits per heavy atom. The molecule has 0 atom stereocenters.